The van der Waals surface area contributed by atoms with Crippen molar-refractivity contribution in [2.75, 3.05) is 10.2 Å². The van der Waals surface area contributed by atoms with Crippen molar-refractivity contribution >= 4 is 23.2 Å². The van der Waals surface area contributed by atoms with Gasteiger partial charge in [-0.2, -0.15) is 0 Å². The van der Waals surface area contributed by atoms with Gasteiger partial charge in [-0.25, -0.2) is 4.90 Å². The zero-order chi connectivity index (χ0) is 17.4. The largest absolute Gasteiger partial charge is 0.373 e. The molecule has 1 aliphatic heterocycles. The number of amides is 2. The van der Waals surface area contributed by atoms with Crippen LogP contribution >= 0.6 is 0 Å². The second-order valence-electron chi connectivity index (χ2n) is 6.43. The lowest BCUT2D eigenvalue weighted by molar-refractivity contribution is -0.121. The van der Waals surface area contributed by atoms with Crippen LogP contribution in [0.2, 0.25) is 0 Å². The van der Waals surface area contributed by atoms with Crippen molar-refractivity contribution in [3.8, 4) is 0 Å². The summed E-state index contributed by atoms with van der Waals surface area (Å²) in [6.07, 6.45) is 0.180. The number of nitrogens with one attached hydrogen (secondary N) is 1. The molecular weight excluding hydrogens is 300 g/mol. The molecular formula is C20H22N2O2. The molecule has 2 aromatic rings. The first-order valence-corrected chi connectivity index (χ1v) is 8.16. The molecule has 1 aliphatic rings. The minimum atomic E-state index is -0.516. The molecule has 4 nitrogen and oxygen atoms in total. The lowest BCUT2D eigenvalue weighted by Crippen LogP contribution is -2.35. The van der Waals surface area contributed by atoms with E-state index in [4.69, 9.17) is 0 Å². The average molecular weight is 322 g/mol. The molecule has 3 rings (SSSR count). The Morgan fingerprint density at radius 2 is 1.54 bits per heavy atom. The number of imide groups is 1. The predicted molar refractivity (Wildman–Crippen MR) is 96.4 cm³/mol. The van der Waals surface area contributed by atoms with E-state index in [1.165, 1.54) is 4.90 Å². The number of hydrogen-bond acceptors (Lipinski definition) is 3. The van der Waals surface area contributed by atoms with Gasteiger partial charge in [-0.05, 0) is 62.1 Å². The first-order chi connectivity index (χ1) is 11.4. The quantitative estimate of drug-likeness (QED) is 0.877. The van der Waals surface area contributed by atoms with Crippen LogP contribution in [0.15, 0.2) is 36.4 Å². The highest BCUT2D eigenvalue weighted by atomic mass is 16.2. The molecule has 0 saturated carbocycles. The number of rotatable bonds is 3. The van der Waals surface area contributed by atoms with E-state index < -0.39 is 6.04 Å². The summed E-state index contributed by atoms with van der Waals surface area (Å²) in [7, 11) is 0. The fraction of sp³-hybridized carbons (Fsp3) is 0.300. The first-order valence-electron chi connectivity index (χ1n) is 8.16. The van der Waals surface area contributed by atoms with Crippen LogP contribution in [0.5, 0.6) is 0 Å². The minimum Gasteiger partial charge on any atom is -0.373 e. The van der Waals surface area contributed by atoms with Gasteiger partial charge in [0.15, 0.2) is 0 Å². The molecule has 0 aliphatic carbocycles. The van der Waals surface area contributed by atoms with E-state index in [0.29, 0.717) is 5.69 Å². The van der Waals surface area contributed by atoms with E-state index in [2.05, 4.69) is 5.32 Å². The lowest BCUT2D eigenvalue weighted by atomic mass is 10.1. The molecule has 0 radical (unpaired) electrons. The van der Waals surface area contributed by atoms with E-state index in [9.17, 15) is 9.59 Å². The van der Waals surface area contributed by atoms with Gasteiger partial charge in [0.25, 0.3) is 5.91 Å². The maximum Gasteiger partial charge on any atom is 0.256 e. The number of nitrogens with zero attached hydrogens (tertiary/aromatic N) is 1. The van der Waals surface area contributed by atoms with Gasteiger partial charge in [0.05, 0.1) is 12.1 Å². The Hall–Kier alpha value is -2.62. The lowest BCUT2D eigenvalue weighted by Gasteiger charge is -2.20. The van der Waals surface area contributed by atoms with Crippen LogP contribution < -0.4 is 10.2 Å². The Morgan fingerprint density at radius 1 is 0.917 bits per heavy atom. The number of aryl methyl sites for hydroxylation is 2. The van der Waals surface area contributed by atoms with Crippen molar-refractivity contribution < 1.29 is 9.59 Å². The van der Waals surface area contributed by atoms with Crippen molar-refractivity contribution in [2.24, 2.45) is 0 Å². The van der Waals surface area contributed by atoms with Gasteiger partial charge in [0.2, 0.25) is 5.91 Å². The highest BCUT2D eigenvalue weighted by molar-refractivity contribution is 6.23. The van der Waals surface area contributed by atoms with Gasteiger partial charge in [0, 0.05) is 5.69 Å². The molecule has 1 fully saturated rings. The Labute approximate surface area is 142 Å². The third-order valence-electron chi connectivity index (χ3n) is 4.90. The SMILES string of the molecule is Cc1cccc(NC2CC(=O)N(c3cccc(C)c3C)C2=O)c1C. The van der Waals surface area contributed by atoms with Crippen LogP contribution in [0.3, 0.4) is 0 Å². The molecule has 0 bridgehead atoms. The highest BCUT2D eigenvalue weighted by Gasteiger charge is 2.40. The number of carbonyl (C=O) groups is 2. The van der Waals surface area contributed by atoms with Gasteiger partial charge in [-0.1, -0.05) is 24.3 Å². The van der Waals surface area contributed by atoms with Crippen LogP contribution in [0.25, 0.3) is 0 Å². The third-order valence-corrected chi connectivity index (χ3v) is 4.90. The van der Waals surface area contributed by atoms with Crippen molar-refractivity contribution in [3.05, 3.63) is 58.7 Å². The van der Waals surface area contributed by atoms with Crippen molar-refractivity contribution in [2.45, 2.75) is 40.2 Å². The summed E-state index contributed by atoms with van der Waals surface area (Å²) in [5, 5.41) is 3.25. The van der Waals surface area contributed by atoms with E-state index in [0.717, 1.165) is 27.9 Å². The molecule has 24 heavy (non-hydrogen) atoms. The molecule has 0 spiro atoms. The third kappa shape index (κ3) is 2.68. The normalized spacial score (nSPS) is 17.5. The van der Waals surface area contributed by atoms with Gasteiger partial charge in [-0.15, -0.1) is 0 Å². The summed E-state index contributed by atoms with van der Waals surface area (Å²) in [5.74, 6) is -0.342. The monoisotopic (exact) mass is 322 g/mol. The summed E-state index contributed by atoms with van der Waals surface area (Å²) < 4.78 is 0. The van der Waals surface area contributed by atoms with Crippen molar-refractivity contribution in [1.82, 2.24) is 0 Å². The molecule has 2 amide bonds. The van der Waals surface area contributed by atoms with Crippen LogP contribution in [0.1, 0.15) is 28.7 Å². The molecule has 1 N–H and O–H groups in total. The molecule has 1 heterocycles. The number of carbonyl (C=O) groups excluding carboxylic acids is 2. The number of anilines is 2. The molecule has 1 saturated heterocycles. The fourth-order valence-corrected chi connectivity index (χ4v) is 3.07. The second-order valence-corrected chi connectivity index (χ2v) is 6.43. The van der Waals surface area contributed by atoms with Crippen LogP contribution in [-0.2, 0) is 9.59 Å². The maximum absolute atomic E-state index is 12.8. The van der Waals surface area contributed by atoms with Gasteiger partial charge < -0.3 is 5.32 Å². The Balaban J connectivity index is 1.89. The highest BCUT2D eigenvalue weighted by Crippen LogP contribution is 2.30. The van der Waals surface area contributed by atoms with E-state index in [1.54, 1.807) is 0 Å². The zero-order valence-electron chi connectivity index (χ0n) is 14.5. The molecule has 2 aromatic carbocycles. The van der Waals surface area contributed by atoms with Crippen LogP contribution in [-0.4, -0.2) is 17.9 Å². The van der Waals surface area contributed by atoms with Crippen LogP contribution in [0.4, 0.5) is 11.4 Å². The summed E-state index contributed by atoms with van der Waals surface area (Å²) in [6.45, 7) is 7.97. The average Bonchev–Trinajstić information content (AvgIpc) is 2.81. The van der Waals surface area contributed by atoms with E-state index in [1.807, 2.05) is 64.1 Å². The Bertz CT molecular complexity index is 826. The van der Waals surface area contributed by atoms with Gasteiger partial charge in [0.1, 0.15) is 6.04 Å². The first kappa shape index (κ1) is 16.2. The maximum atomic E-state index is 12.8. The smallest absolute Gasteiger partial charge is 0.256 e. The van der Waals surface area contributed by atoms with Crippen molar-refractivity contribution in [3.63, 3.8) is 0 Å². The predicted octanol–water partition coefficient (Wildman–Crippen LogP) is 3.66. The Kier molecular flexibility index (Phi) is 4.14. The van der Waals surface area contributed by atoms with Gasteiger partial charge >= 0.3 is 0 Å². The fourth-order valence-electron chi connectivity index (χ4n) is 3.07. The topological polar surface area (TPSA) is 49.4 Å². The van der Waals surface area contributed by atoms with Crippen molar-refractivity contribution in [1.29, 1.82) is 0 Å². The standard InChI is InChI=1S/C20H22N2O2/c1-12-7-5-9-16(14(12)3)21-17-11-19(23)22(20(17)24)18-10-6-8-13(2)15(18)4/h5-10,17,21H,11H2,1-4H3. The van der Waals surface area contributed by atoms with Crippen LogP contribution in [0, 0.1) is 27.7 Å². The molecule has 1 atom stereocenters. The zero-order valence-corrected chi connectivity index (χ0v) is 14.5. The second kappa shape index (κ2) is 6.11. The summed E-state index contributed by atoms with van der Waals surface area (Å²) in [4.78, 5) is 26.6. The Morgan fingerprint density at radius 3 is 2.25 bits per heavy atom. The molecule has 0 aromatic heterocycles. The van der Waals surface area contributed by atoms with Gasteiger partial charge in [-0.3, -0.25) is 9.59 Å². The number of hydrogen-bond donors (Lipinski definition) is 1. The van der Waals surface area contributed by atoms with E-state index >= 15 is 0 Å². The summed E-state index contributed by atoms with van der Waals surface area (Å²) in [6, 6.07) is 11.1. The molecule has 124 valence electrons. The van der Waals surface area contributed by atoms with E-state index in [-0.39, 0.29) is 18.2 Å². The minimum absolute atomic E-state index is 0.156. The number of benzene rings is 2. The summed E-state index contributed by atoms with van der Waals surface area (Å²) >= 11 is 0. The summed E-state index contributed by atoms with van der Waals surface area (Å²) in [5.41, 5.74) is 5.89. The molecule has 1 unspecified atom stereocenters. The molecule has 4 heteroatoms.